The Kier molecular flexibility index (Phi) is 4.09. The monoisotopic (exact) mass is 205 g/mol. The summed E-state index contributed by atoms with van der Waals surface area (Å²) < 4.78 is 0. The highest BCUT2D eigenvalue weighted by Gasteiger charge is 2.06. The van der Waals surface area contributed by atoms with Crippen molar-refractivity contribution in [3.63, 3.8) is 0 Å². The van der Waals surface area contributed by atoms with Crippen LogP contribution in [0.4, 0.5) is 5.69 Å². The lowest BCUT2D eigenvalue weighted by molar-refractivity contribution is 0.0287. The van der Waals surface area contributed by atoms with Crippen LogP contribution < -0.4 is 5.23 Å². The van der Waals surface area contributed by atoms with Crippen LogP contribution in [0, 0.1) is 0 Å². The van der Waals surface area contributed by atoms with Crippen molar-refractivity contribution >= 4 is 11.8 Å². The summed E-state index contributed by atoms with van der Waals surface area (Å²) in [5, 5.41) is 18.3. The summed E-state index contributed by atoms with van der Waals surface area (Å²) >= 11 is 0. The Labute approximate surface area is 89.5 Å². The van der Waals surface area contributed by atoms with Crippen molar-refractivity contribution in [1.82, 2.24) is 0 Å². The van der Waals surface area contributed by atoms with Gasteiger partial charge in [-0.1, -0.05) is 30.4 Å². The summed E-state index contributed by atoms with van der Waals surface area (Å²) in [5.74, 6) is 0. The summed E-state index contributed by atoms with van der Waals surface area (Å²) in [6, 6.07) is 5.48. The second kappa shape index (κ2) is 5.34. The maximum Gasteiger partial charge on any atom is 0.0983 e. The second-order valence-electron chi connectivity index (χ2n) is 3.17. The van der Waals surface area contributed by atoms with Crippen molar-refractivity contribution in [3.8, 4) is 0 Å². The first-order valence-electron chi connectivity index (χ1n) is 4.73. The summed E-state index contributed by atoms with van der Waals surface area (Å²) in [7, 11) is 0. The molecule has 2 N–H and O–H groups in total. The number of hydrogen-bond acceptors (Lipinski definition) is 3. The summed E-state index contributed by atoms with van der Waals surface area (Å²) in [5.41, 5.74) is 2.13. The Hall–Kier alpha value is -1.58. The van der Waals surface area contributed by atoms with Crippen LogP contribution in [0.2, 0.25) is 0 Å². The molecule has 0 aliphatic rings. The molecular weight excluding hydrogens is 190 g/mol. The van der Waals surface area contributed by atoms with Crippen molar-refractivity contribution in [2.45, 2.75) is 13.3 Å². The van der Waals surface area contributed by atoms with Crippen molar-refractivity contribution in [2.24, 2.45) is 0 Å². The molecule has 80 valence electrons. The van der Waals surface area contributed by atoms with Crippen LogP contribution >= 0.6 is 0 Å². The molecule has 0 heterocycles. The first kappa shape index (κ1) is 11.5. The quantitative estimate of drug-likeness (QED) is 0.586. The van der Waals surface area contributed by atoms with Crippen LogP contribution in [0.3, 0.4) is 0 Å². The van der Waals surface area contributed by atoms with Crippen molar-refractivity contribution in [2.75, 3.05) is 5.23 Å². The standard InChI is InChI=1S/C12H15NO2/c1-3-5-10-7-8-11(6-4-2)12(9-10)13(14)15/h3-5,7-9,14-15H,2,6H2,1H3. The molecule has 0 aliphatic carbocycles. The fourth-order valence-corrected chi connectivity index (χ4v) is 1.39. The third-order valence-corrected chi connectivity index (χ3v) is 2.05. The molecule has 0 saturated heterocycles. The van der Waals surface area contributed by atoms with Gasteiger partial charge in [-0.3, -0.25) is 10.4 Å². The highest BCUT2D eigenvalue weighted by atomic mass is 16.8. The molecule has 0 atom stereocenters. The number of benzene rings is 1. The summed E-state index contributed by atoms with van der Waals surface area (Å²) in [6.45, 7) is 5.53. The minimum absolute atomic E-state index is 0.145. The van der Waals surface area contributed by atoms with Gasteiger partial charge in [-0.05, 0) is 30.5 Å². The summed E-state index contributed by atoms with van der Waals surface area (Å²) in [6.07, 6.45) is 6.11. The maximum absolute atomic E-state index is 9.05. The molecule has 15 heavy (non-hydrogen) atoms. The van der Waals surface area contributed by atoms with Crippen LogP contribution in [-0.4, -0.2) is 10.4 Å². The van der Waals surface area contributed by atoms with Gasteiger partial charge in [-0.15, -0.1) is 11.8 Å². The van der Waals surface area contributed by atoms with Gasteiger partial charge in [-0.2, -0.15) is 0 Å². The number of hydrogen-bond donors (Lipinski definition) is 2. The van der Waals surface area contributed by atoms with Gasteiger partial charge in [0.2, 0.25) is 0 Å². The molecule has 1 aromatic carbocycles. The average Bonchev–Trinajstić information content (AvgIpc) is 2.21. The van der Waals surface area contributed by atoms with E-state index >= 15 is 0 Å². The lowest BCUT2D eigenvalue weighted by atomic mass is 10.1. The Morgan fingerprint density at radius 2 is 2.13 bits per heavy atom. The van der Waals surface area contributed by atoms with E-state index in [1.165, 1.54) is 0 Å². The van der Waals surface area contributed by atoms with Crippen molar-refractivity contribution < 1.29 is 10.4 Å². The van der Waals surface area contributed by atoms with E-state index in [1.807, 2.05) is 31.2 Å². The SMILES string of the molecule is C=CCc1ccc(C=CC)cc1N(O)O. The van der Waals surface area contributed by atoms with Gasteiger partial charge < -0.3 is 0 Å². The fraction of sp³-hybridized carbons (Fsp3) is 0.167. The fourth-order valence-electron chi connectivity index (χ4n) is 1.39. The molecule has 3 heteroatoms. The number of rotatable bonds is 4. The van der Waals surface area contributed by atoms with Gasteiger partial charge in [0.25, 0.3) is 0 Å². The first-order valence-corrected chi connectivity index (χ1v) is 4.73. The lowest BCUT2D eigenvalue weighted by Crippen LogP contribution is -2.13. The van der Waals surface area contributed by atoms with E-state index in [1.54, 1.807) is 12.1 Å². The second-order valence-corrected chi connectivity index (χ2v) is 3.17. The van der Waals surface area contributed by atoms with E-state index in [9.17, 15) is 0 Å². The molecule has 0 fully saturated rings. The molecule has 0 radical (unpaired) electrons. The highest BCUT2D eigenvalue weighted by molar-refractivity contribution is 5.60. The minimum atomic E-state index is 0.145. The van der Waals surface area contributed by atoms with E-state index in [0.29, 0.717) is 12.1 Å². The van der Waals surface area contributed by atoms with E-state index in [-0.39, 0.29) is 5.23 Å². The predicted molar refractivity (Wildman–Crippen MR) is 61.1 cm³/mol. The number of nitrogens with zero attached hydrogens (tertiary/aromatic N) is 1. The molecule has 3 nitrogen and oxygen atoms in total. The summed E-state index contributed by atoms with van der Waals surface area (Å²) in [4.78, 5) is 0. The average molecular weight is 205 g/mol. The van der Waals surface area contributed by atoms with Gasteiger partial charge in [0.05, 0.1) is 5.69 Å². The molecule has 0 aliphatic heterocycles. The van der Waals surface area contributed by atoms with E-state index < -0.39 is 0 Å². The van der Waals surface area contributed by atoms with Crippen molar-refractivity contribution in [1.29, 1.82) is 0 Å². The Morgan fingerprint density at radius 1 is 1.40 bits per heavy atom. The molecule has 0 bridgehead atoms. The lowest BCUT2D eigenvalue weighted by Gasteiger charge is -2.13. The molecule has 0 spiro atoms. The number of allylic oxidation sites excluding steroid dienone is 2. The Bertz CT molecular complexity index is 370. The molecule has 0 unspecified atom stereocenters. The van der Waals surface area contributed by atoms with Gasteiger partial charge in [-0.25, -0.2) is 0 Å². The highest BCUT2D eigenvalue weighted by Crippen LogP contribution is 2.21. The largest absolute Gasteiger partial charge is 0.264 e. The molecule has 1 aromatic rings. The Morgan fingerprint density at radius 3 is 2.67 bits per heavy atom. The van der Waals surface area contributed by atoms with E-state index in [0.717, 1.165) is 11.1 Å². The molecular formula is C12H15NO2. The van der Waals surface area contributed by atoms with Crippen molar-refractivity contribution in [3.05, 3.63) is 48.1 Å². The molecule has 0 aromatic heterocycles. The van der Waals surface area contributed by atoms with Crippen LogP contribution in [0.5, 0.6) is 0 Å². The zero-order valence-electron chi connectivity index (χ0n) is 8.72. The van der Waals surface area contributed by atoms with Crippen LogP contribution in [-0.2, 0) is 6.42 Å². The molecule has 0 saturated carbocycles. The van der Waals surface area contributed by atoms with Gasteiger partial charge in [0.1, 0.15) is 0 Å². The van der Waals surface area contributed by atoms with Gasteiger partial charge >= 0.3 is 0 Å². The van der Waals surface area contributed by atoms with E-state index in [4.69, 9.17) is 10.4 Å². The first-order chi connectivity index (χ1) is 7.19. The normalized spacial score (nSPS) is 10.6. The third-order valence-electron chi connectivity index (χ3n) is 2.05. The van der Waals surface area contributed by atoms with Gasteiger partial charge in [0, 0.05) is 0 Å². The topological polar surface area (TPSA) is 43.7 Å². The smallest absolute Gasteiger partial charge is 0.0983 e. The van der Waals surface area contributed by atoms with Crippen LogP contribution in [0.25, 0.3) is 6.08 Å². The minimum Gasteiger partial charge on any atom is -0.264 e. The third kappa shape index (κ3) is 2.94. The van der Waals surface area contributed by atoms with Crippen LogP contribution in [0.1, 0.15) is 18.1 Å². The molecule has 0 amide bonds. The predicted octanol–water partition coefficient (Wildman–Crippen LogP) is 3.03. The molecule has 1 rings (SSSR count). The van der Waals surface area contributed by atoms with E-state index in [2.05, 4.69) is 6.58 Å². The Balaban J connectivity index is 3.13. The maximum atomic E-state index is 9.05. The zero-order valence-corrected chi connectivity index (χ0v) is 8.72. The van der Waals surface area contributed by atoms with Crippen LogP contribution in [0.15, 0.2) is 36.9 Å². The zero-order chi connectivity index (χ0) is 11.3. The van der Waals surface area contributed by atoms with Gasteiger partial charge in [0.15, 0.2) is 0 Å². The number of anilines is 1.